The summed E-state index contributed by atoms with van der Waals surface area (Å²) in [5.41, 5.74) is 0. The lowest BCUT2D eigenvalue weighted by Gasteiger charge is -2.10. The van der Waals surface area contributed by atoms with Gasteiger partial charge in [0.05, 0.1) is 12.8 Å². The average molecular weight is 189 g/mol. The summed E-state index contributed by atoms with van der Waals surface area (Å²) >= 11 is 0. The summed E-state index contributed by atoms with van der Waals surface area (Å²) in [6.07, 6.45) is -0.791. The molecule has 74 valence electrons. The van der Waals surface area contributed by atoms with Crippen molar-refractivity contribution in [3.05, 3.63) is 0 Å². The van der Waals surface area contributed by atoms with Gasteiger partial charge in [-0.3, -0.25) is 14.4 Å². The molecule has 2 N–H and O–H groups in total. The van der Waals surface area contributed by atoms with E-state index in [1.807, 2.05) is 0 Å². The number of carboxylic acid groups (broad SMARTS) is 1. The Labute approximate surface area is 74.9 Å². The van der Waals surface area contributed by atoms with E-state index in [9.17, 15) is 14.4 Å². The predicted molar refractivity (Wildman–Crippen MR) is 41.6 cm³/mol. The molecule has 0 aliphatic heterocycles. The fourth-order valence-electron chi connectivity index (χ4n) is 0.595. The highest BCUT2D eigenvalue weighted by atomic mass is 16.6. The van der Waals surface area contributed by atoms with Gasteiger partial charge in [-0.1, -0.05) is 0 Å². The zero-order valence-corrected chi connectivity index (χ0v) is 7.15. The molecule has 0 fully saturated rings. The molecular weight excluding hydrogens is 178 g/mol. The molecule has 0 aromatic rings. The number of hydrogen-bond acceptors (Lipinski definition) is 4. The summed E-state index contributed by atoms with van der Waals surface area (Å²) in [7, 11) is 0. The quantitative estimate of drug-likeness (QED) is 0.333. The summed E-state index contributed by atoms with van der Waals surface area (Å²) in [5, 5.41) is 10.4. The number of carbonyl (C=O) groups excluding carboxylic acids is 2. The molecule has 1 unspecified atom stereocenters. The van der Waals surface area contributed by atoms with E-state index in [1.165, 1.54) is 6.92 Å². The first-order valence-electron chi connectivity index (χ1n) is 3.67. The Morgan fingerprint density at radius 3 is 2.62 bits per heavy atom. The van der Waals surface area contributed by atoms with Gasteiger partial charge in [-0.2, -0.15) is 0 Å². The van der Waals surface area contributed by atoms with Crippen molar-refractivity contribution in [2.24, 2.45) is 0 Å². The van der Waals surface area contributed by atoms with Crippen LogP contribution < -0.4 is 5.32 Å². The number of carbonyl (C=O) groups is 3. The minimum atomic E-state index is -1.06. The van der Waals surface area contributed by atoms with Crippen LogP contribution in [0.4, 0.5) is 0 Å². The number of ether oxygens (including phenoxy) is 1. The van der Waals surface area contributed by atoms with Crippen LogP contribution in [0.5, 0.6) is 0 Å². The third-order valence-corrected chi connectivity index (χ3v) is 1.15. The maximum atomic E-state index is 10.8. The highest BCUT2D eigenvalue weighted by Gasteiger charge is 2.09. The molecule has 0 spiro atoms. The van der Waals surface area contributed by atoms with Crippen molar-refractivity contribution in [2.45, 2.75) is 26.0 Å². The molecular formula is C7H11NO5. The maximum absolute atomic E-state index is 10.8. The van der Waals surface area contributed by atoms with Crippen LogP contribution >= 0.6 is 0 Å². The molecule has 13 heavy (non-hydrogen) atoms. The van der Waals surface area contributed by atoms with Crippen molar-refractivity contribution < 1.29 is 24.2 Å². The third-order valence-electron chi connectivity index (χ3n) is 1.15. The first-order chi connectivity index (χ1) is 6.06. The number of esters is 1. The lowest BCUT2D eigenvalue weighted by atomic mass is 10.3. The minimum absolute atomic E-state index is 0.194. The van der Waals surface area contributed by atoms with Crippen molar-refractivity contribution in [3.63, 3.8) is 0 Å². The van der Waals surface area contributed by atoms with E-state index in [0.717, 1.165) is 0 Å². The van der Waals surface area contributed by atoms with Crippen LogP contribution in [0.1, 0.15) is 19.8 Å². The third kappa shape index (κ3) is 6.79. The van der Waals surface area contributed by atoms with Crippen LogP contribution in [0.25, 0.3) is 0 Å². The van der Waals surface area contributed by atoms with Crippen molar-refractivity contribution in [1.82, 2.24) is 5.32 Å². The molecule has 0 rings (SSSR count). The van der Waals surface area contributed by atoms with Gasteiger partial charge in [-0.05, 0) is 6.92 Å². The minimum Gasteiger partial charge on any atom is -0.481 e. The summed E-state index contributed by atoms with van der Waals surface area (Å²) in [6, 6.07) is 0. The molecule has 0 saturated heterocycles. The molecule has 6 nitrogen and oxygen atoms in total. The Morgan fingerprint density at radius 2 is 2.15 bits per heavy atom. The SMILES string of the molecule is CC(NC=O)OC(=O)CCC(=O)O. The smallest absolute Gasteiger partial charge is 0.308 e. The number of aliphatic carboxylic acids is 1. The zero-order chi connectivity index (χ0) is 10.3. The van der Waals surface area contributed by atoms with Gasteiger partial charge in [-0.15, -0.1) is 0 Å². The van der Waals surface area contributed by atoms with Crippen LogP contribution in [0.3, 0.4) is 0 Å². The topological polar surface area (TPSA) is 92.7 Å². The van der Waals surface area contributed by atoms with Gasteiger partial charge in [0, 0.05) is 0 Å². The number of carboxylic acids is 1. The predicted octanol–water partition coefficient (Wildman–Crippen LogP) is -0.514. The van der Waals surface area contributed by atoms with Gasteiger partial charge in [0.2, 0.25) is 6.41 Å². The zero-order valence-electron chi connectivity index (χ0n) is 7.15. The normalized spacial score (nSPS) is 11.5. The Morgan fingerprint density at radius 1 is 1.54 bits per heavy atom. The number of amides is 1. The van der Waals surface area contributed by atoms with Crippen molar-refractivity contribution in [1.29, 1.82) is 0 Å². The summed E-state index contributed by atoms with van der Waals surface area (Å²) in [5.74, 6) is -1.71. The van der Waals surface area contributed by atoms with E-state index in [4.69, 9.17) is 5.11 Å². The Balaban J connectivity index is 3.61. The highest BCUT2D eigenvalue weighted by Crippen LogP contribution is 1.95. The second kappa shape index (κ2) is 5.99. The van der Waals surface area contributed by atoms with Gasteiger partial charge in [-0.25, -0.2) is 0 Å². The first-order valence-corrected chi connectivity index (χ1v) is 3.67. The molecule has 0 aromatic heterocycles. The van der Waals surface area contributed by atoms with Crippen LogP contribution in [0.2, 0.25) is 0 Å². The first kappa shape index (κ1) is 11.4. The van der Waals surface area contributed by atoms with Crippen LogP contribution in [0.15, 0.2) is 0 Å². The van der Waals surface area contributed by atoms with E-state index in [0.29, 0.717) is 6.41 Å². The van der Waals surface area contributed by atoms with Gasteiger partial charge in [0.1, 0.15) is 0 Å². The van der Waals surface area contributed by atoms with Crippen LogP contribution in [0, 0.1) is 0 Å². The number of nitrogens with one attached hydrogen (secondary N) is 1. The molecule has 1 amide bonds. The van der Waals surface area contributed by atoms with E-state index in [-0.39, 0.29) is 12.8 Å². The summed E-state index contributed by atoms with van der Waals surface area (Å²) in [4.78, 5) is 30.7. The van der Waals surface area contributed by atoms with Gasteiger partial charge < -0.3 is 15.2 Å². The lowest BCUT2D eigenvalue weighted by molar-refractivity contribution is -0.153. The summed E-state index contributed by atoms with van der Waals surface area (Å²) < 4.78 is 4.60. The monoisotopic (exact) mass is 189 g/mol. The van der Waals surface area contributed by atoms with Crippen molar-refractivity contribution in [2.75, 3.05) is 0 Å². The number of hydrogen-bond donors (Lipinski definition) is 2. The van der Waals surface area contributed by atoms with E-state index in [2.05, 4.69) is 10.1 Å². The fraction of sp³-hybridized carbons (Fsp3) is 0.571. The Hall–Kier alpha value is -1.59. The molecule has 0 saturated carbocycles. The Bertz CT molecular complexity index is 203. The van der Waals surface area contributed by atoms with Gasteiger partial charge in [0.15, 0.2) is 6.23 Å². The van der Waals surface area contributed by atoms with E-state index < -0.39 is 18.2 Å². The van der Waals surface area contributed by atoms with Gasteiger partial charge >= 0.3 is 11.9 Å². The molecule has 0 aliphatic carbocycles. The van der Waals surface area contributed by atoms with Crippen molar-refractivity contribution in [3.8, 4) is 0 Å². The van der Waals surface area contributed by atoms with Gasteiger partial charge in [0.25, 0.3) is 0 Å². The number of rotatable bonds is 6. The molecule has 6 heteroatoms. The maximum Gasteiger partial charge on any atom is 0.308 e. The standard InChI is InChI=1S/C7H11NO5/c1-5(8-4-9)13-7(12)3-2-6(10)11/h4-5H,2-3H2,1H3,(H,8,9)(H,10,11). The van der Waals surface area contributed by atoms with Crippen LogP contribution in [-0.2, 0) is 19.1 Å². The van der Waals surface area contributed by atoms with E-state index >= 15 is 0 Å². The molecule has 0 heterocycles. The summed E-state index contributed by atoms with van der Waals surface area (Å²) in [6.45, 7) is 1.47. The molecule has 1 atom stereocenters. The molecule has 0 aromatic carbocycles. The average Bonchev–Trinajstić information content (AvgIpc) is 2.01. The highest BCUT2D eigenvalue weighted by molar-refractivity contribution is 5.76. The fourth-order valence-corrected chi connectivity index (χ4v) is 0.595. The lowest BCUT2D eigenvalue weighted by Crippen LogP contribution is -2.29. The van der Waals surface area contributed by atoms with E-state index in [1.54, 1.807) is 0 Å². The van der Waals surface area contributed by atoms with Crippen LogP contribution in [-0.4, -0.2) is 29.7 Å². The molecule has 0 radical (unpaired) electrons. The van der Waals surface area contributed by atoms with Crippen molar-refractivity contribution >= 4 is 18.3 Å². The molecule has 0 bridgehead atoms. The second-order valence-electron chi connectivity index (χ2n) is 2.31. The largest absolute Gasteiger partial charge is 0.481 e. The Kier molecular flexibility index (Phi) is 5.25. The molecule has 0 aliphatic rings. The second-order valence-corrected chi connectivity index (χ2v) is 2.31.